The molecule has 0 saturated heterocycles. The number of ether oxygens (including phenoxy) is 2. The van der Waals surface area contributed by atoms with Gasteiger partial charge in [-0.05, 0) is 36.4 Å². The van der Waals surface area contributed by atoms with Crippen molar-refractivity contribution in [2.75, 3.05) is 14.2 Å². The maximum absolute atomic E-state index is 12.0. The fraction of sp³-hybridized carbons (Fsp3) is 0.200. The van der Waals surface area contributed by atoms with Gasteiger partial charge < -0.3 is 9.47 Å². The SMILES string of the molecule is COc1ccc(OC)c(/C=C/C(=O)c2ccn(C)n2)c1. The number of ketones is 1. The summed E-state index contributed by atoms with van der Waals surface area (Å²) in [7, 11) is 4.94. The van der Waals surface area contributed by atoms with Crippen LogP contribution in [0.15, 0.2) is 36.5 Å². The number of methoxy groups -OCH3 is 2. The summed E-state index contributed by atoms with van der Waals surface area (Å²) >= 11 is 0. The zero-order valence-corrected chi connectivity index (χ0v) is 11.7. The van der Waals surface area contributed by atoms with E-state index in [0.717, 1.165) is 5.56 Å². The molecule has 0 radical (unpaired) electrons. The largest absolute Gasteiger partial charge is 0.497 e. The van der Waals surface area contributed by atoms with E-state index in [1.165, 1.54) is 6.08 Å². The Kier molecular flexibility index (Phi) is 4.20. The van der Waals surface area contributed by atoms with Crippen LogP contribution in [0.1, 0.15) is 16.1 Å². The molecule has 104 valence electrons. The quantitative estimate of drug-likeness (QED) is 0.619. The molecule has 0 bridgehead atoms. The van der Waals surface area contributed by atoms with Gasteiger partial charge in [0.05, 0.1) is 14.2 Å². The maximum atomic E-state index is 12.0. The minimum Gasteiger partial charge on any atom is -0.497 e. The lowest BCUT2D eigenvalue weighted by molar-refractivity contribution is 0.104. The molecular weight excluding hydrogens is 256 g/mol. The molecular formula is C15H16N2O3. The average molecular weight is 272 g/mol. The van der Waals surface area contributed by atoms with E-state index in [9.17, 15) is 4.79 Å². The molecule has 5 heteroatoms. The predicted molar refractivity (Wildman–Crippen MR) is 76.1 cm³/mol. The van der Waals surface area contributed by atoms with Crippen LogP contribution in [0.2, 0.25) is 0 Å². The Hall–Kier alpha value is -2.56. The summed E-state index contributed by atoms with van der Waals surface area (Å²) in [6, 6.07) is 7.08. The molecule has 0 amide bonds. The normalized spacial score (nSPS) is 10.8. The van der Waals surface area contributed by atoms with Gasteiger partial charge in [-0.3, -0.25) is 9.48 Å². The highest BCUT2D eigenvalue weighted by Crippen LogP contribution is 2.25. The standard InChI is InChI=1S/C15H16N2O3/c1-17-9-8-13(16-17)14(18)6-4-11-10-12(19-2)5-7-15(11)20-3/h4-10H,1-3H3/b6-4+. The molecule has 2 rings (SSSR count). The Bertz CT molecular complexity index is 644. The summed E-state index contributed by atoms with van der Waals surface area (Å²) in [4.78, 5) is 12.0. The zero-order chi connectivity index (χ0) is 14.5. The highest BCUT2D eigenvalue weighted by molar-refractivity contribution is 6.05. The number of carbonyl (C=O) groups excluding carboxylic acids is 1. The van der Waals surface area contributed by atoms with Gasteiger partial charge >= 0.3 is 0 Å². The van der Waals surface area contributed by atoms with Crippen LogP contribution in [-0.2, 0) is 7.05 Å². The smallest absolute Gasteiger partial charge is 0.206 e. The second-order valence-electron chi connectivity index (χ2n) is 4.18. The van der Waals surface area contributed by atoms with Crippen LogP contribution in [-0.4, -0.2) is 29.8 Å². The van der Waals surface area contributed by atoms with Crippen molar-refractivity contribution in [2.24, 2.45) is 7.05 Å². The van der Waals surface area contributed by atoms with Crippen LogP contribution in [0, 0.1) is 0 Å². The first-order valence-electron chi connectivity index (χ1n) is 6.08. The predicted octanol–water partition coefficient (Wildman–Crippen LogP) is 2.33. The van der Waals surface area contributed by atoms with Gasteiger partial charge in [0.2, 0.25) is 5.78 Å². The number of benzene rings is 1. The monoisotopic (exact) mass is 272 g/mol. The minimum atomic E-state index is -0.157. The fourth-order valence-corrected chi connectivity index (χ4v) is 1.77. The molecule has 1 aromatic carbocycles. The Labute approximate surface area is 117 Å². The number of allylic oxidation sites excluding steroid dienone is 1. The van der Waals surface area contributed by atoms with E-state index in [-0.39, 0.29) is 5.78 Å². The van der Waals surface area contributed by atoms with Crippen molar-refractivity contribution in [1.82, 2.24) is 9.78 Å². The van der Waals surface area contributed by atoms with E-state index >= 15 is 0 Å². The molecule has 1 aromatic heterocycles. The number of nitrogens with zero attached hydrogens (tertiary/aromatic N) is 2. The van der Waals surface area contributed by atoms with Crippen molar-refractivity contribution < 1.29 is 14.3 Å². The summed E-state index contributed by atoms with van der Waals surface area (Å²) in [6.07, 6.45) is 4.89. The van der Waals surface area contributed by atoms with Crippen LogP contribution < -0.4 is 9.47 Å². The molecule has 0 N–H and O–H groups in total. The first-order chi connectivity index (χ1) is 9.63. The molecule has 0 aliphatic carbocycles. The summed E-state index contributed by atoms with van der Waals surface area (Å²) in [5, 5.41) is 4.06. The first-order valence-corrected chi connectivity index (χ1v) is 6.08. The maximum Gasteiger partial charge on any atom is 0.206 e. The molecule has 1 heterocycles. The lowest BCUT2D eigenvalue weighted by Crippen LogP contribution is -1.97. The second-order valence-corrected chi connectivity index (χ2v) is 4.18. The molecule has 2 aromatic rings. The average Bonchev–Trinajstić information content (AvgIpc) is 2.91. The summed E-state index contributed by atoms with van der Waals surface area (Å²) in [5.41, 5.74) is 1.18. The van der Waals surface area contributed by atoms with Crippen molar-refractivity contribution in [3.63, 3.8) is 0 Å². The third kappa shape index (κ3) is 3.06. The van der Waals surface area contributed by atoms with Gasteiger partial charge in [0.1, 0.15) is 17.2 Å². The van der Waals surface area contributed by atoms with Crippen molar-refractivity contribution >= 4 is 11.9 Å². The van der Waals surface area contributed by atoms with Gasteiger partial charge in [-0.1, -0.05) is 0 Å². The van der Waals surface area contributed by atoms with Crippen molar-refractivity contribution in [3.05, 3.63) is 47.8 Å². The molecule has 0 spiro atoms. The summed E-state index contributed by atoms with van der Waals surface area (Å²) in [6.45, 7) is 0. The van der Waals surface area contributed by atoms with Gasteiger partial charge in [0, 0.05) is 18.8 Å². The highest BCUT2D eigenvalue weighted by Gasteiger charge is 2.06. The molecule has 0 saturated carbocycles. The van der Waals surface area contributed by atoms with E-state index in [1.54, 1.807) is 62.5 Å². The number of hydrogen-bond donors (Lipinski definition) is 0. The molecule has 0 atom stereocenters. The van der Waals surface area contributed by atoms with Gasteiger partial charge in [-0.2, -0.15) is 5.10 Å². The Morgan fingerprint density at radius 2 is 2.05 bits per heavy atom. The number of rotatable bonds is 5. The van der Waals surface area contributed by atoms with Crippen molar-refractivity contribution in [2.45, 2.75) is 0 Å². The number of carbonyl (C=O) groups is 1. The van der Waals surface area contributed by atoms with Crippen molar-refractivity contribution in [3.8, 4) is 11.5 Å². The van der Waals surface area contributed by atoms with E-state index in [0.29, 0.717) is 17.2 Å². The third-order valence-electron chi connectivity index (χ3n) is 2.82. The first kappa shape index (κ1) is 13.9. The van der Waals surface area contributed by atoms with E-state index in [4.69, 9.17) is 9.47 Å². The zero-order valence-electron chi connectivity index (χ0n) is 11.7. The second kappa shape index (κ2) is 6.06. The lowest BCUT2D eigenvalue weighted by atomic mass is 10.1. The summed E-state index contributed by atoms with van der Waals surface area (Å²) in [5.74, 6) is 1.22. The van der Waals surface area contributed by atoms with Gasteiger partial charge in [0.25, 0.3) is 0 Å². The van der Waals surface area contributed by atoms with Gasteiger partial charge in [-0.15, -0.1) is 0 Å². The summed E-state index contributed by atoms with van der Waals surface area (Å²) < 4.78 is 12.0. The van der Waals surface area contributed by atoms with Crippen LogP contribution in [0.25, 0.3) is 6.08 Å². The van der Waals surface area contributed by atoms with Gasteiger partial charge in [-0.25, -0.2) is 0 Å². The molecule has 5 nitrogen and oxygen atoms in total. The molecule has 20 heavy (non-hydrogen) atoms. The number of aromatic nitrogens is 2. The van der Waals surface area contributed by atoms with Crippen molar-refractivity contribution in [1.29, 1.82) is 0 Å². The lowest BCUT2D eigenvalue weighted by Gasteiger charge is -2.06. The molecule has 0 aliphatic rings. The Balaban J connectivity index is 2.24. The Morgan fingerprint density at radius 1 is 1.25 bits per heavy atom. The van der Waals surface area contributed by atoms with Crippen LogP contribution in [0.5, 0.6) is 11.5 Å². The van der Waals surface area contributed by atoms with E-state index in [2.05, 4.69) is 5.10 Å². The molecule has 0 unspecified atom stereocenters. The van der Waals surface area contributed by atoms with E-state index in [1.807, 2.05) is 0 Å². The fourth-order valence-electron chi connectivity index (χ4n) is 1.77. The van der Waals surface area contributed by atoms with E-state index < -0.39 is 0 Å². The minimum absolute atomic E-state index is 0.157. The highest BCUT2D eigenvalue weighted by atomic mass is 16.5. The number of hydrogen-bond acceptors (Lipinski definition) is 4. The topological polar surface area (TPSA) is 53.4 Å². The molecule has 0 fully saturated rings. The van der Waals surface area contributed by atoms with Crippen LogP contribution in [0.3, 0.4) is 0 Å². The third-order valence-corrected chi connectivity index (χ3v) is 2.82. The van der Waals surface area contributed by atoms with Gasteiger partial charge in [0.15, 0.2) is 0 Å². The van der Waals surface area contributed by atoms with Crippen LogP contribution >= 0.6 is 0 Å². The Morgan fingerprint density at radius 3 is 2.65 bits per heavy atom. The number of aryl methyl sites for hydroxylation is 1. The molecule has 0 aliphatic heterocycles. The van der Waals surface area contributed by atoms with Crippen LogP contribution in [0.4, 0.5) is 0 Å².